The molecular formula is C24H24ClF3N4. The highest BCUT2D eigenvalue weighted by Gasteiger charge is 2.29. The summed E-state index contributed by atoms with van der Waals surface area (Å²) in [5, 5.41) is 7.17. The monoisotopic (exact) mass is 460 g/mol. The van der Waals surface area contributed by atoms with Crippen LogP contribution in [0.2, 0.25) is 5.02 Å². The topological polar surface area (TPSA) is 49.8 Å². The number of nitrogens with zero attached hydrogens (tertiary/aromatic N) is 2. The molecule has 0 atom stereocenters. The van der Waals surface area contributed by atoms with Crippen LogP contribution in [0.25, 0.3) is 11.3 Å². The van der Waals surface area contributed by atoms with Gasteiger partial charge in [0.05, 0.1) is 16.3 Å². The highest BCUT2D eigenvalue weighted by Crippen LogP contribution is 2.31. The van der Waals surface area contributed by atoms with Gasteiger partial charge in [0.1, 0.15) is 11.6 Å². The molecule has 168 valence electrons. The van der Waals surface area contributed by atoms with E-state index in [1.807, 2.05) is 24.3 Å². The first kappa shape index (κ1) is 22.4. The Hall–Kier alpha value is -2.80. The molecule has 32 heavy (non-hydrogen) atoms. The zero-order valence-electron chi connectivity index (χ0n) is 17.4. The first-order valence-electron chi connectivity index (χ1n) is 10.7. The Morgan fingerprint density at radius 1 is 0.969 bits per heavy atom. The largest absolute Gasteiger partial charge is 0.416 e. The minimum Gasteiger partial charge on any atom is -0.367 e. The summed E-state index contributed by atoms with van der Waals surface area (Å²) in [5.74, 6) is 1.39. The maximum atomic E-state index is 12.7. The Morgan fingerprint density at radius 3 is 2.44 bits per heavy atom. The second-order valence-electron chi connectivity index (χ2n) is 7.98. The molecule has 0 radical (unpaired) electrons. The number of benzene rings is 1. The highest BCUT2D eigenvalue weighted by molar-refractivity contribution is 6.33. The fraction of sp³-hybridized carbons (Fsp3) is 0.333. The van der Waals surface area contributed by atoms with Crippen LogP contribution >= 0.6 is 11.6 Å². The van der Waals surface area contributed by atoms with Gasteiger partial charge in [-0.25, -0.2) is 9.97 Å². The average Bonchev–Trinajstić information content (AvgIpc) is 2.79. The lowest BCUT2D eigenvalue weighted by Gasteiger charge is -2.23. The third-order valence-corrected chi connectivity index (χ3v) is 5.89. The van der Waals surface area contributed by atoms with E-state index < -0.39 is 11.7 Å². The van der Waals surface area contributed by atoms with E-state index in [1.165, 1.54) is 31.4 Å². The van der Waals surface area contributed by atoms with Gasteiger partial charge < -0.3 is 10.6 Å². The van der Waals surface area contributed by atoms with E-state index in [9.17, 15) is 13.2 Å². The minimum atomic E-state index is -4.34. The molecule has 8 heteroatoms. The molecular weight excluding hydrogens is 437 g/mol. The lowest BCUT2D eigenvalue weighted by Crippen LogP contribution is -2.22. The van der Waals surface area contributed by atoms with Gasteiger partial charge in [0.15, 0.2) is 0 Å². The van der Waals surface area contributed by atoms with Crippen molar-refractivity contribution in [2.24, 2.45) is 0 Å². The second-order valence-corrected chi connectivity index (χ2v) is 8.39. The third-order valence-electron chi connectivity index (χ3n) is 5.59. The molecule has 1 saturated carbocycles. The molecule has 0 saturated heterocycles. The van der Waals surface area contributed by atoms with Crippen LogP contribution in [0.4, 0.5) is 24.8 Å². The first-order chi connectivity index (χ1) is 15.4. The number of hydrogen-bond acceptors (Lipinski definition) is 4. The van der Waals surface area contributed by atoms with Crippen molar-refractivity contribution in [2.75, 3.05) is 10.6 Å². The van der Waals surface area contributed by atoms with Crippen molar-refractivity contribution in [2.45, 2.75) is 50.9 Å². The van der Waals surface area contributed by atoms with Gasteiger partial charge >= 0.3 is 6.18 Å². The quantitative estimate of drug-likeness (QED) is 0.409. The molecule has 0 spiro atoms. The number of rotatable bonds is 6. The lowest BCUT2D eigenvalue weighted by atomic mass is 9.95. The predicted octanol–water partition coefficient (Wildman–Crippen LogP) is 7.17. The summed E-state index contributed by atoms with van der Waals surface area (Å²) in [5.41, 5.74) is 1.54. The standard InChI is InChI=1S/C24H24ClF3N4/c25-20-15-30-23(31-18-5-2-1-3-6-18)13-19(20)21-7-4-8-22(32-21)29-14-16-9-11-17(12-10-16)24(26,27)28/h4,7-13,15,18H,1-3,5-6,14H2,(H,29,32)(H,30,31). The number of hydrogen-bond donors (Lipinski definition) is 2. The van der Waals surface area contributed by atoms with Gasteiger partial charge in [-0.3, -0.25) is 0 Å². The SMILES string of the molecule is FC(F)(F)c1ccc(CNc2cccc(-c3cc(NC4CCCCC4)ncc3Cl)n2)cc1. The molecule has 3 aromatic rings. The number of alkyl halides is 3. The number of anilines is 2. The highest BCUT2D eigenvalue weighted by atomic mass is 35.5. The third kappa shape index (κ3) is 5.71. The van der Waals surface area contributed by atoms with Crippen LogP contribution < -0.4 is 10.6 Å². The molecule has 0 bridgehead atoms. The van der Waals surface area contributed by atoms with Crippen LogP contribution in [0.1, 0.15) is 43.2 Å². The van der Waals surface area contributed by atoms with Gasteiger partial charge in [-0.15, -0.1) is 0 Å². The lowest BCUT2D eigenvalue weighted by molar-refractivity contribution is -0.137. The van der Waals surface area contributed by atoms with E-state index in [0.29, 0.717) is 29.1 Å². The fourth-order valence-corrected chi connectivity index (χ4v) is 4.06. The summed E-state index contributed by atoms with van der Waals surface area (Å²) in [7, 11) is 0. The zero-order valence-corrected chi connectivity index (χ0v) is 18.2. The van der Waals surface area contributed by atoms with Crippen molar-refractivity contribution in [3.8, 4) is 11.3 Å². The number of halogens is 4. The molecule has 0 amide bonds. The summed E-state index contributed by atoms with van der Waals surface area (Å²) in [4.78, 5) is 9.05. The average molecular weight is 461 g/mol. The molecule has 4 rings (SSSR count). The minimum absolute atomic E-state index is 0.354. The number of pyridine rings is 2. The van der Waals surface area contributed by atoms with Gasteiger partial charge in [0, 0.05) is 24.3 Å². The summed E-state index contributed by atoms with van der Waals surface area (Å²) >= 11 is 6.41. The summed E-state index contributed by atoms with van der Waals surface area (Å²) in [6.07, 6.45) is 3.32. The Balaban J connectivity index is 1.46. The van der Waals surface area contributed by atoms with E-state index in [4.69, 9.17) is 11.6 Å². The smallest absolute Gasteiger partial charge is 0.367 e. The van der Waals surface area contributed by atoms with Crippen molar-refractivity contribution < 1.29 is 13.2 Å². The van der Waals surface area contributed by atoms with Crippen LogP contribution in [0.15, 0.2) is 54.7 Å². The van der Waals surface area contributed by atoms with E-state index in [2.05, 4.69) is 20.6 Å². The Morgan fingerprint density at radius 2 is 1.72 bits per heavy atom. The fourth-order valence-electron chi connectivity index (χ4n) is 3.86. The molecule has 1 fully saturated rings. The van der Waals surface area contributed by atoms with Crippen molar-refractivity contribution in [1.82, 2.24) is 9.97 Å². The van der Waals surface area contributed by atoms with E-state index >= 15 is 0 Å². The summed E-state index contributed by atoms with van der Waals surface area (Å²) < 4.78 is 38.2. The van der Waals surface area contributed by atoms with Crippen molar-refractivity contribution >= 4 is 23.2 Å². The van der Waals surface area contributed by atoms with Gasteiger partial charge in [0.2, 0.25) is 0 Å². The van der Waals surface area contributed by atoms with Gasteiger partial charge in [-0.2, -0.15) is 13.2 Å². The van der Waals surface area contributed by atoms with Crippen LogP contribution in [-0.4, -0.2) is 16.0 Å². The van der Waals surface area contributed by atoms with E-state index in [-0.39, 0.29) is 0 Å². The Bertz CT molecular complexity index is 1050. The number of nitrogens with one attached hydrogen (secondary N) is 2. The van der Waals surface area contributed by atoms with Crippen molar-refractivity contribution in [3.63, 3.8) is 0 Å². The molecule has 1 aliphatic rings. The Kier molecular flexibility index (Phi) is 6.84. The molecule has 1 aliphatic carbocycles. The second kappa shape index (κ2) is 9.77. The molecule has 0 aliphatic heterocycles. The van der Waals surface area contributed by atoms with E-state index in [1.54, 1.807) is 6.20 Å². The maximum Gasteiger partial charge on any atom is 0.416 e. The molecule has 1 aromatic carbocycles. The van der Waals surface area contributed by atoms with Crippen molar-refractivity contribution in [3.05, 3.63) is 70.9 Å². The molecule has 0 unspecified atom stereocenters. The molecule has 2 N–H and O–H groups in total. The number of aromatic nitrogens is 2. The molecule has 2 aromatic heterocycles. The molecule has 2 heterocycles. The Labute approximate surface area is 190 Å². The predicted molar refractivity (Wildman–Crippen MR) is 122 cm³/mol. The summed E-state index contributed by atoms with van der Waals surface area (Å²) in [6, 6.07) is 13.0. The summed E-state index contributed by atoms with van der Waals surface area (Å²) in [6.45, 7) is 0.354. The van der Waals surface area contributed by atoms with Gasteiger partial charge in [-0.1, -0.05) is 49.1 Å². The molecule has 4 nitrogen and oxygen atoms in total. The van der Waals surface area contributed by atoms with E-state index in [0.717, 1.165) is 41.9 Å². The van der Waals surface area contributed by atoms with Gasteiger partial charge in [-0.05, 0) is 48.7 Å². The van der Waals surface area contributed by atoms with Crippen LogP contribution in [-0.2, 0) is 12.7 Å². The maximum absolute atomic E-state index is 12.7. The van der Waals surface area contributed by atoms with Crippen molar-refractivity contribution in [1.29, 1.82) is 0 Å². The van der Waals surface area contributed by atoms with Crippen LogP contribution in [0.5, 0.6) is 0 Å². The van der Waals surface area contributed by atoms with Gasteiger partial charge in [0.25, 0.3) is 0 Å². The van der Waals surface area contributed by atoms with Crippen LogP contribution in [0.3, 0.4) is 0 Å². The normalized spacial score (nSPS) is 14.9. The first-order valence-corrected chi connectivity index (χ1v) is 11.1. The zero-order chi connectivity index (χ0) is 22.6. The van der Waals surface area contributed by atoms with Crippen LogP contribution in [0, 0.1) is 0 Å².